The lowest BCUT2D eigenvalue weighted by Gasteiger charge is -2.16. The summed E-state index contributed by atoms with van der Waals surface area (Å²) in [5, 5.41) is 0. The molecule has 0 bridgehead atoms. The number of rotatable bonds is 6. The Morgan fingerprint density at radius 3 is 2.30 bits per heavy atom. The van der Waals surface area contributed by atoms with Crippen molar-refractivity contribution < 1.29 is 22.0 Å². The largest absolute Gasteiger partial charge is 0.340 e. The Bertz CT molecular complexity index is 561. The van der Waals surface area contributed by atoms with Crippen molar-refractivity contribution in [2.45, 2.75) is 24.2 Å². The van der Waals surface area contributed by atoms with Crippen molar-refractivity contribution in [1.29, 1.82) is 0 Å². The topological polar surface area (TPSA) is 54.5 Å². The van der Waals surface area contributed by atoms with Crippen LogP contribution < -0.4 is 0 Å². The molecule has 0 aliphatic heterocycles. The molecule has 0 radical (unpaired) electrons. The van der Waals surface area contributed by atoms with E-state index in [9.17, 15) is 22.0 Å². The number of alkyl halides is 2. The van der Waals surface area contributed by atoms with Gasteiger partial charge in [0.15, 0.2) is 0 Å². The van der Waals surface area contributed by atoms with Crippen LogP contribution in [-0.4, -0.2) is 39.2 Å². The molecule has 0 spiro atoms. The SMILES string of the molecule is CN(CC(F)F)C(=O)CCc1ccc(S(=O)(=O)Cl)cc1. The second kappa shape index (κ2) is 6.99. The Hall–Kier alpha value is -1.21. The van der Waals surface area contributed by atoms with Gasteiger partial charge in [-0.3, -0.25) is 4.79 Å². The standard InChI is InChI=1S/C12H14ClF2NO3S/c1-16(8-11(14)15)12(17)7-4-9-2-5-10(6-3-9)20(13,18)19/h2-3,5-6,11H,4,7-8H2,1H3. The minimum absolute atomic E-state index is 0.0240. The molecule has 0 aliphatic rings. The Morgan fingerprint density at radius 2 is 1.85 bits per heavy atom. The third-order valence-electron chi connectivity index (χ3n) is 2.67. The first-order valence-corrected chi connectivity index (χ1v) is 8.07. The average Bonchev–Trinajstić information content (AvgIpc) is 2.34. The molecule has 0 saturated carbocycles. The van der Waals surface area contributed by atoms with Gasteiger partial charge in [-0.2, -0.15) is 0 Å². The summed E-state index contributed by atoms with van der Waals surface area (Å²) in [6.45, 7) is -0.595. The first-order chi connectivity index (χ1) is 9.20. The second-order valence-corrected chi connectivity index (χ2v) is 6.81. The summed E-state index contributed by atoms with van der Waals surface area (Å²) >= 11 is 0. The fourth-order valence-electron chi connectivity index (χ4n) is 1.57. The van der Waals surface area contributed by atoms with Crippen molar-refractivity contribution in [2.24, 2.45) is 0 Å². The molecule has 1 rings (SSSR count). The van der Waals surface area contributed by atoms with Gasteiger partial charge in [0.05, 0.1) is 11.4 Å². The number of hydrogen-bond donors (Lipinski definition) is 0. The van der Waals surface area contributed by atoms with E-state index >= 15 is 0 Å². The average molecular weight is 326 g/mol. The predicted octanol–water partition coefficient (Wildman–Crippen LogP) is 2.27. The van der Waals surface area contributed by atoms with Gasteiger partial charge in [-0.15, -0.1) is 0 Å². The minimum Gasteiger partial charge on any atom is -0.340 e. The molecular weight excluding hydrogens is 312 g/mol. The Balaban J connectivity index is 2.56. The smallest absolute Gasteiger partial charge is 0.261 e. The predicted molar refractivity (Wildman–Crippen MR) is 71.4 cm³/mol. The van der Waals surface area contributed by atoms with E-state index < -0.39 is 22.0 Å². The Kier molecular flexibility index (Phi) is 5.88. The normalized spacial score (nSPS) is 11.7. The van der Waals surface area contributed by atoms with Crippen LogP contribution in [0.4, 0.5) is 8.78 Å². The molecule has 0 N–H and O–H groups in total. The third kappa shape index (κ3) is 5.42. The molecule has 1 aromatic rings. The van der Waals surface area contributed by atoms with Gasteiger partial charge in [0.25, 0.3) is 15.5 Å². The van der Waals surface area contributed by atoms with Crippen molar-refractivity contribution in [1.82, 2.24) is 4.90 Å². The van der Waals surface area contributed by atoms with Gasteiger partial charge in [0.1, 0.15) is 0 Å². The van der Waals surface area contributed by atoms with Crippen molar-refractivity contribution >= 4 is 25.6 Å². The molecule has 0 aliphatic carbocycles. The van der Waals surface area contributed by atoms with Crippen LogP contribution in [0.5, 0.6) is 0 Å². The molecule has 4 nitrogen and oxygen atoms in total. The third-order valence-corrected chi connectivity index (χ3v) is 4.04. The van der Waals surface area contributed by atoms with Gasteiger partial charge in [0.2, 0.25) is 5.91 Å². The molecule has 1 aromatic carbocycles. The van der Waals surface area contributed by atoms with Gasteiger partial charge < -0.3 is 4.90 Å². The molecule has 0 atom stereocenters. The van der Waals surface area contributed by atoms with Crippen LogP contribution in [-0.2, 0) is 20.3 Å². The van der Waals surface area contributed by atoms with Crippen molar-refractivity contribution in [3.63, 3.8) is 0 Å². The van der Waals surface area contributed by atoms with Crippen molar-refractivity contribution in [3.8, 4) is 0 Å². The number of amides is 1. The summed E-state index contributed by atoms with van der Waals surface area (Å²) in [6.07, 6.45) is -2.14. The molecule has 1 amide bonds. The van der Waals surface area contributed by atoms with Crippen LogP contribution in [0.1, 0.15) is 12.0 Å². The van der Waals surface area contributed by atoms with Gasteiger partial charge in [-0.25, -0.2) is 17.2 Å². The zero-order valence-electron chi connectivity index (χ0n) is 10.7. The number of benzene rings is 1. The summed E-state index contributed by atoms with van der Waals surface area (Å²) in [5.41, 5.74) is 0.730. The Labute approximate surface area is 120 Å². The monoisotopic (exact) mass is 325 g/mol. The van der Waals surface area contributed by atoms with E-state index in [1.54, 1.807) is 0 Å². The summed E-state index contributed by atoms with van der Waals surface area (Å²) in [6, 6.07) is 5.75. The number of carbonyl (C=O) groups excluding carboxylic acids is 1. The molecule has 112 valence electrons. The van der Waals surface area contributed by atoms with Crippen LogP contribution in [0.25, 0.3) is 0 Å². The quantitative estimate of drug-likeness (QED) is 0.754. The molecule has 0 fully saturated rings. The highest BCUT2D eigenvalue weighted by atomic mass is 35.7. The maximum Gasteiger partial charge on any atom is 0.261 e. The van der Waals surface area contributed by atoms with E-state index in [0.29, 0.717) is 6.42 Å². The van der Waals surface area contributed by atoms with Crippen LogP contribution >= 0.6 is 10.7 Å². The van der Waals surface area contributed by atoms with Gasteiger partial charge in [0, 0.05) is 24.2 Å². The van der Waals surface area contributed by atoms with E-state index in [2.05, 4.69) is 0 Å². The Morgan fingerprint density at radius 1 is 1.30 bits per heavy atom. The fraction of sp³-hybridized carbons (Fsp3) is 0.417. The first-order valence-electron chi connectivity index (χ1n) is 5.76. The highest BCUT2D eigenvalue weighted by Gasteiger charge is 2.14. The second-order valence-electron chi connectivity index (χ2n) is 4.25. The van der Waals surface area contributed by atoms with E-state index in [-0.39, 0.29) is 17.2 Å². The zero-order chi connectivity index (χ0) is 15.3. The van der Waals surface area contributed by atoms with Crippen molar-refractivity contribution in [2.75, 3.05) is 13.6 Å². The summed E-state index contributed by atoms with van der Waals surface area (Å²) < 4.78 is 46.3. The number of hydrogen-bond acceptors (Lipinski definition) is 3. The number of aryl methyl sites for hydroxylation is 1. The lowest BCUT2D eigenvalue weighted by atomic mass is 10.1. The lowest BCUT2D eigenvalue weighted by molar-refractivity contribution is -0.131. The van der Waals surface area contributed by atoms with Crippen molar-refractivity contribution in [3.05, 3.63) is 29.8 Å². The molecular formula is C12H14ClF2NO3S. The van der Waals surface area contributed by atoms with E-state index in [1.165, 1.54) is 31.3 Å². The lowest BCUT2D eigenvalue weighted by Crippen LogP contribution is -2.31. The maximum absolute atomic E-state index is 12.1. The summed E-state index contributed by atoms with van der Waals surface area (Å²) in [4.78, 5) is 12.5. The number of carbonyl (C=O) groups is 1. The van der Waals surface area contributed by atoms with Crippen LogP contribution in [0.2, 0.25) is 0 Å². The highest BCUT2D eigenvalue weighted by Crippen LogP contribution is 2.16. The van der Waals surface area contributed by atoms with Crippen LogP contribution in [0.3, 0.4) is 0 Å². The summed E-state index contributed by atoms with van der Waals surface area (Å²) in [5.74, 6) is -0.389. The van der Waals surface area contributed by atoms with Gasteiger partial charge in [-0.05, 0) is 24.1 Å². The minimum atomic E-state index is -3.76. The van der Waals surface area contributed by atoms with Gasteiger partial charge >= 0.3 is 0 Å². The molecule has 8 heteroatoms. The number of nitrogens with zero attached hydrogens (tertiary/aromatic N) is 1. The molecule has 0 unspecified atom stereocenters. The molecule has 0 saturated heterocycles. The van der Waals surface area contributed by atoms with Gasteiger partial charge in [-0.1, -0.05) is 12.1 Å². The first kappa shape index (κ1) is 16.8. The molecule has 0 aromatic heterocycles. The summed E-state index contributed by atoms with van der Waals surface area (Å²) in [7, 11) is 2.72. The zero-order valence-corrected chi connectivity index (χ0v) is 12.3. The molecule has 0 heterocycles. The van der Waals surface area contributed by atoms with Crippen LogP contribution in [0.15, 0.2) is 29.2 Å². The fourth-order valence-corrected chi connectivity index (χ4v) is 2.34. The molecule has 20 heavy (non-hydrogen) atoms. The number of halogens is 3. The maximum atomic E-state index is 12.1. The van der Waals surface area contributed by atoms with E-state index in [1.807, 2.05) is 0 Å². The van der Waals surface area contributed by atoms with E-state index in [4.69, 9.17) is 10.7 Å². The van der Waals surface area contributed by atoms with Crippen LogP contribution in [0, 0.1) is 0 Å². The van der Waals surface area contributed by atoms with E-state index in [0.717, 1.165) is 10.5 Å². The highest BCUT2D eigenvalue weighted by molar-refractivity contribution is 8.13.